The first-order chi connectivity index (χ1) is 14.4. The van der Waals surface area contributed by atoms with Crippen molar-refractivity contribution in [2.75, 3.05) is 25.4 Å². The van der Waals surface area contributed by atoms with Gasteiger partial charge in [0.1, 0.15) is 11.4 Å². The number of nitrogens with zero attached hydrogens (tertiary/aromatic N) is 1. The molecule has 6 nitrogen and oxygen atoms in total. The molecule has 1 spiro atoms. The zero-order valence-corrected chi connectivity index (χ0v) is 20.7. The molecule has 0 radical (unpaired) electrons. The fraction of sp³-hybridized carbons (Fsp3) is 0.522. The van der Waals surface area contributed by atoms with Crippen LogP contribution in [0.2, 0.25) is 0 Å². The lowest BCUT2D eigenvalue weighted by atomic mass is 9.83. The molecule has 0 amide bonds. The molecule has 2 N–H and O–H groups in total. The van der Waals surface area contributed by atoms with Crippen LogP contribution < -0.4 is 10.1 Å². The number of pyridine rings is 1. The van der Waals surface area contributed by atoms with Crippen molar-refractivity contribution in [1.82, 2.24) is 10.3 Å². The molecule has 2 aliphatic heterocycles. The van der Waals surface area contributed by atoms with Crippen LogP contribution in [-0.4, -0.2) is 49.6 Å². The van der Waals surface area contributed by atoms with Crippen molar-refractivity contribution in [3.63, 3.8) is 0 Å². The molecule has 4 rings (SSSR count). The van der Waals surface area contributed by atoms with Crippen LogP contribution in [0.3, 0.4) is 0 Å². The molecule has 2 aromatic rings. The number of aromatic nitrogens is 1. The Morgan fingerprint density at radius 2 is 1.91 bits per heavy atom. The molecule has 178 valence electrons. The van der Waals surface area contributed by atoms with Gasteiger partial charge in [-0.3, -0.25) is 4.98 Å². The molecular formula is C23H32Cl2N2O4S. The van der Waals surface area contributed by atoms with E-state index in [1.165, 1.54) is 5.56 Å². The number of fused-ring (bicyclic) bond motifs is 1. The van der Waals surface area contributed by atoms with Gasteiger partial charge in [-0.2, -0.15) is 0 Å². The van der Waals surface area contributed by atoms with Crippen LogP contribution in [-0.2, 0) is 22.0 Å². The van der Waals surface area contributed by atoms with Gasteiger partial charge in [-0.1, -0.05) is 13.0 Å². The quantitative estimate of drug-likeness (QED) is 0.627. The number of benzene rings is 1. The van der Waals surface area contributed by atoms with Gasteiger partial charge in [0, 0.05) is 18.4 Å². The van der Waals surface area contributed by atoms with Crippen molar-refractivity contribution in [3.8, 4) is 17.0 Å². The van der Waals surface area contributed by atoms with E-state index in [-0.39, 0.29) is 54.4 Å². The fourth-order valence-electron chi connectivity index (χ4n) is 4.39. The van der Waals surface area contributed by atoms with E-state index < -0.39 is 9.84 Å². The van der Waals surface area contributed by atoms with Crippen molar-refractivity contribution in [2.24, 2.45) is 5.92 Å². The first-order valence-electron chi connectivity index (χ1n) is 10.7. The Hall–Kier alpha value is -1.38. The summed E-state index contributed by atoms with van der Waals surface area (Å²) in [5, 5.41) is 12.5. The minimum atomic E-state index is -3.27. The number of ether oxygens (including phenoxy) is 1. The number of aliphatic hydroxyl groups is 1. The van der Waals surface area contributed by atoms with Crippen molar-refractivity contribution in [1.29, 1.82) is 0 Å². The zero-order chi connectivity index (χ0) is 21.2. The maximum Gasteiger partial charge on any atom is 0.154 e. The van der Waals surface area contributed by atoms with Gasteiger partial charge in [0.05, 0.1) is 17.2 Å². The van der Waals surface area contributed by atoms with E-state index in [1.807, 2.05) is 24.3 Å². The highest BCUT2D eigenvalue weighted by molar-refractivity contribution is 7.90. The summed E-state index contributed by atoms with van der Waals surface area (Å²) in [5.74, 6) is 0.643. The van der Waals surface area contributed by atoms with E-state index in [4.69, 9.17) is 9.84 Å². The SMILES string of the molecule is C[C@@H](CO)CS(=O)(=O)Cc1ccc(-c2ccc3c(c2)CCC2(CCNCC2)O3)nc1.Cl.Cl. The van der Waals surface area contributed by atoms with E-state index in [2.05, 4.69) is 16.4 Å². The smallest absolute Gasteiger partial charge is 0.154 e. The number of rotatable bonds is 6. The fourth-order valence-corrected chi connectivity index (χ4v) is 6.16. The molecule has 9 heteroatoms. The number of hydrogen-bond donors (Lipinski definition) is 2. The van der Waals surface area contributed by atoms with E-state index in [1.54, 1.807) is 13.1 Å². The minimum absolute atomic E-state index is 0. The van der Waals surface area contributed by atoms with Gasteiger partial charge in [0.2, 0.25) is 0 Å². The van der Waals surface area contributed by atoms with Gasteiger partial charge in [-0.25, -0.2) is 8.42 Å². The molecule has 1 aromatic carbocycles. The maximum absolute atomic E-state index is 12.3. The van der Waals surface area contributed by atoms with Crippen molar-refractivity contribution in [2.45, 2.75) is 44.0 Å². The molecule has 0 aliphatic carbocycles. The number of aliphatic hydroxyl groups excluding tert-OH is 1. The minimum Gasteiger partial charge on any atom is -0.487 e. The van der Waals surface area contributed by atoms with E-state index in [9.17, 15) is 8.42 Å². The van der Waals surface area contributed by atoms with Gasteiger partial charge < -0.3 is 15.2 Å². The van der Waals surface area contributed by atoms with Crippen molar-refractivity contribution < 1.29 is 18.3 Å². The molecule has 1 saturated heterocycles. The Kier molecular flexibility index (Phi) is 9.37. The maximum atomic E-state index is 12.3. The Morgan fingerprint density at radius 3 is 2.56 bits per heavy atom. The third-order valence-corrected chi connectivity index (χ3v) is 7.96. The van der Waals surface area contributed by atoms with Gasteiger partial charge in [0.25, 0.3) is 0 Å². The number of sulfone groups is 1. The van der Waals surface area contributed by atoms with Gasteiger partial charge >= 0.3 is 0 Å². The van der Waals surface area contributed by atoms with E-state index in [0.29, 0.717) is 5.56 Å². The second-order valence-electron chi connectivity index (χ2n) is 8.75. The lowest BCUT2D eigenvalue weighted by molar-refractivity contribution is 0.0170. The first kappa shape index (κ1) is 26.9. The molecule has 2 aliphatic rings. The summed E-state index contributed by atoms with van der Waals surface area (Å²) in [6.45, 7) is 3.62. The molecule has 0 saturated carbocycles. The average Bonchev–Trinajstić information content (AvgIpc) is 2.74. The summed E-state index contributed by atoms with van der Waals surface area (Å²) < 4.78 is 30.9. The molecule has 1 fully saturated rings. The largest absolute Gasteiger partial charge is 0.487 e. The lowest BCUT2D eigenvalue weighted by Gasteiger charge is -2.41. The highest BCUT2D eigenvalue weighted by Gasteiger charge is 2.37. The van der Waals surface area contributed by atoms with E-state index >= 15 is 0 Å². The number of nitrogens with one attached hydrogen (secondary N) is 1. The molecule has 32 heavy (non-hydrogen) atoms. The number of aryl methyl sites for hydroxylation is 1. The highest BCUT2D eigenvalue weighted by Crippen LogP contribution is 2.39. The Morgan fingerprint density at radius 1 is 1.16 bits per heavy atom. The lowest BCUT2D eigenvalue weighted by Crippen LogP contribution is -2.48. The van der Waals surface area contributed by atoms with Gasteiger partial charge in [-0.05, 0) is 80.1 Å². The van der Waals surface area contributed by atoms with Crippen LogP contribution in [0.5, 0.6) is 5.75 Å². The summed E-state index contributed by atoms with van der Waals surface area (Å²) in [5.41, 5.74) is 3.70. The van der Waals surface area contributed by atoms with Crippen LogP contribution in [0, 0.1) is 5.92 Å². The summed E-state index contributed by atoms with van der Waals surface area (Å²) in [6, 6.07) is 9.92. The molecule has 0 bridgehead atoms. The van der Waals surface area contributed by atoms with Crippen LogP contribution in [0.4, 0.5) is 0 Å². The van der Waals surface area contributed by atoms with Gasteiger partial charge in [0.15, 0.2) is 9.84 Å². The van der Waals surface area contributed by atoms with Crippen molar-refractivity contribution >= 4 is 34.7 Å². The van der Waals surface area contributed by atoms with Crippen LogP contribution in [0.1, 0.15) is 37.3 Å². The summed E-state index contributed by atoms with van der Waals surface area (Å²) in [6.07, 6.45) is 5.79. The molecule has 0 unspecified atom stereocenters. The zero-order valence-electron chi connectivity index (χ0n) is 18.2. The monoisotopic (exact) mass is 502 g/mol. The Balaban J connectivity index is 0.00000181. The second kappa shape index (κ2) is 11.2. The number of halogens is 2. The topological polar surface area (TPSA) is 88.5 Å². The molecule has 1 atom stereocenters. The average molecular weight is 503 g/mol. The van der Waals surface area contributed by atoms with Crippen LogP contribution >= 0.6 is 24.8 Å². The van der Waals surface area contributed by atoms with Crippen LogP contribution in [0.15, 0.2) is 36.5 Å². The predicted molar refractivity (Wildman–Crippen MR) is 132 cm³/mol. The Bertz CT molecular complexity index is 994. The highest BCUT2D eigenvalue weighted by atomic mass is 35.5. The normalized spacial score (nSPS) is 17.9. The van der Waals surface area contributed by atoms with Crippen molar-refractivity contribution in [3.05, 3.63) is 47.7 Å². The molecular weight excluding hydrogens is 471 g/mol. The summed E-state index contributed by atoms with van der Waals surface area (Å²) in [7, 11) is -3.27. The van der Waals surface area contributed by atoms with Crippen LogP contribution in [0.25, 0.3) is 11.3 Å². The standard InChI is InChI=1S/C23H30N2O4S.2ClH/c1-17(14-26)15-30(27,28)16-18-2-4-21(25-13-18)19-3-5-22-20(12-19)6-7-23(29-22)8-10-24-11-9-23;;/h2-5,12-13,17,24,26H,6-11,14-16H2,1H3;2*1H/t17-;;/m0../s1. The number of piperidine rings is 1. The first-order valence-corrected chi connectivity index (χ1v) is 12.5. The molecule has 1 aromatic heterocycles. The molecule has 3 heterocycles. The Labute approximate surface area is 202 Å². The summed E-state index contributed by atoms with van der Waals surface area (Å²) in [4.78, 5) is 4.50. The van der Waals surface area contributed by atoms with Gasteiger partial charge in [-0.15, -0.1) is 24.8 Å². The third-order valence-electron chi connectivity index (χ3n) is 6.11. The predicted octanol–water partition coefficient (Wildman–Crippen LogP) is 3.58. The third kappa shape index (κ3) is 6.35. The number of hydrogen-bond acceptors (Lipinski definition) is 6. The second-order valence-corrected chi connectivity index (χ2v) is 10.9. The summed E-state index contributed by atoms with van der Waals surface area (Å²) >= 11 is 0. The van der Waals surface area contributed by atoms with E-state index in [0.717, 1.165) is 55.8 Å².